The molecule has 0 aromatic rings. The first-order chi connectivity index (χ1) is 6.87. The molecule has 1 rings (SSSR count). The molecule has 0 spiro atoms. The van der Waals surface area contributed by atoms with Crippen LogP contribution in [0.25, 0.3) is 0 Å². The molecular weight excluding hydrogens is 190 g/mol. The van der Waals surface area contributed by atoms with Crippen molar-refractivity contribution in [2.45, 2.75) is 40.0 Å². The fraction of sp³-hybridized carbons (Fsp3) is 0.917. The average Bonchev–Trinajstić information content (AvgIpc) is 2.45. The molecule has 15 heavy (non-hydrogen) atoms. The van der Waals surface area contributed by atoms with Gasteiger partial charge in [0.2, 0.25) is 0 Å². The van der Waals surface area contributed by atoms with E-state index in [0.29, 0.717) is 17.8 Å². The molecule has 0 bridgehead atoms. The van der Waals surface area contributed by atoms with Crippen LogP contribution in [0.1, 0.15) is 40.0 Å². The Hall–Kier alpha value is -0.570. The fourth-order valence-corrected chi connectivity index (χ4v) is 2.29. The maximum Gasteiger partial charge on any atom is 0.303 e. The highest BCUT2D eigenvalue weighted by Crippen LogP contribution is 2.24. The Kier molecular flexibility index (Phi) is 4.14. The number of carboxylic acids is 1. The molecule has 88 valence electrons. The van der Waals surface area contributed by atoms with Crippen molar-refractivity contribution in [3.63, 3.8) is 0 Å². The number of hydrogen-bond acceptors (Lipinski definition) is 2. The van der Waals surface area contributed by atoms with Crippen molar-refractivity contribution in [2.75, 3.05) is 19.6 Å². The maximum atomic E-state index is 10.5. The summed E-state index contributed by atoms with van der Waals surface area (Å²) in [4.78, 5) is 12.9. The number of rotatable bonds is 4. The first-order valence-electron chi connectivity index (χ1n) is 5.81. The lowest BCUT2D eigenvalue weighted by Gasteiger charge is -2.26. The quantitative estimate of drug-likeness (QED) is 0.778. The van der Waals surface area contributed by atoms with Crippen LogP contribution in [0.2, 0.25) is 0 Å². The van der Waals surface area contributed by atoms with Gasteiger partial charge in [-0.05, 0) is 30.7 Å². The van der Waals surface area contributed by atoms with E-state index in [-0.39, 0.29) is 0 Å². The molecule has 1 atom stereocenters. The Morgan fingerprint density at radius 3 is 2.67 bits per heavy atom. The van der Waals surface area contributed by atoms with Crippen molar-refractivity contribution in [1.82, 2.24) is 4.90 Å². The van der Waals surface area contributed by atoms with E-state index in [1.807, 2.05) is 0 Å². The molecule has 1 aliphatic heterocycles. The van der Waals surface area contributed by atoms with Crippen molar-refractivity contribution < 1.29 is 9.90 Å². The van der Waals surface area contributed by atoms with E-state index < -0.39 is 5.97 Å². The molecule has 1 aliphatic rings. The van der Waals surface area contributed by atoms with E-state index in [1.165, 1.54) is 6.42 Å². The molecule has 0 amide bonds. The number of carboxylic acid groups (broad SMARTS) is 1. The van der Waals surface area contributed by atoms with Gasteiger partial charge in [-0.15, -0.1) is 0 Å². The summed E-state index contributed by atoms with van der Waals surface area (Å²) in [5.41, 5.74) is 0.349. The van der Waals surface area contributed by atoms with Crippen LogP contribution < -0.4 is 0 Å². The molecule has 3 heteroatoms. The highest BCUT2D eigenvalue weighted by molar-refractivity contribution is 5.66. The Balaban J connectivity index is 2.24. The molecule has 1 saturated heterocycles. The van der Waals surface area contributed by atoms with E-state index in [0.717, 1.165) is 26.1 Å². The summed E-state index contributed by atoms with van der Waals surface area (Å²) in [7, 11) is 0. The summed E-state index contributed by atoms with van der Waals surface area (Å²) in [5.74, 6) is -0.0623. The smallest absolute Gasteiger partial charge is 0.303 e. The van der Waals surface area contributed by atoms with Crippen molar-refractivity contribution in [2.24, 2.45) is 11.3 Å². The lowest BCUT2D eigenvalue weighted by molar-refractivity contribution is -0.137. The van der Waals surface area contributed by atoms with Crippen LogP contribution in [-0.2, 0) is 4.79 Å². The monoisotopic (exact) mass is 213 g/mol. The van der Waals surface area contributed by atoms with Crippen molar-refractivity contribution in [1.29, 1.82) is 0 Å². The molecule has 0 aromatic heterocycles. The van der Waals surface area contributed by atoms with Gasteiger partial charge in [0.15, 0.2) is 0 Å². The summed E-state index contributed by atoms with van der Waals surface area (Å²) < 4.78 is 0. The van der Waals surface area contributed by atoms with E-state index in [9.17, 15) is 4.79 Å². The SMILES string of the molecule is CC(C)(C)CN1CCC(CCC(=O)O)C1. The maximum absolute atomic E-state index is 10.5. The van der Waals surface area contributed by atoms with Gasteiger partial charge in [0, 0.05) is 19.5 Å². The van der Waals surface area contributed by atoms with Crippen molar-refractivity contribution in [3.05, 3.63) is 0 Å². The van der Waals surface area contributed by atoms with Gasteiger partial charge in [0.05, 0.1) is 0 Å². The van der Waals surface area contributed by atoms with E-state index in [2.05, 4.69) is 25.7 Å². The second kappa shape index (κ2) is 4.97. The number of nitrogens with zero attached hydrogens (tertiary/aromatic N) is 1. The van der Waals surface area contributed by atoms with Crippen molar-refractivity contribution >= 4 is 5.97 Å². The normalized spacial score (nSPS) is 23.3. The summed E-state index contributed by atoms with van der Waals surface area (Å²) >= 11 is 0. The zero-order valence-electron chi connectivity index (χ0n) is 10.1. The third kappa shape index (κ3) is 5.17. The minimum atomic E-state index is -0.663. The van der Waals surface area contributed by atoms with Gasteiger partial charge in [0.25, 0.3) is 0 Å². The van der Waals surface area contributed by atoms with Crippen LogP contribution in [0.5, 0.6) is 0 Å². The summed E-state index contributed by atoms with van der Waals surface area (Å²) in [6.45, 7) is 10.1. The minimum absolute atomic E-state index is 0.327. The van der Waals surface area contributed by atoms with Crippen LogP contribution >= 0.6 is 0 Å². The van der Waals surface area contributed by atoms with Crippen LogP contribution in [0, 0.1) is 11.3 Å². The van der Waals surface area contributed by atoms with Crippen LogP contribution in [0.15, 0.2) is 0 Å². The van der Waals surface area contributed by atoms with Gasteiger partial charge in [-0.3, -0.25) is 4.79 Å². The van der Waals surface area contributed by atoms with Gasteiger partial charge < -0.3 is 10.0 Å². The molecular formula is C12H23NO2. The fourth-order valence-electron chi connectivity index (χ4n) is 2.29. The lowest BCUT2D eigenvalue weighted by atomic mass is 9.96. The molecule has 0 radical (unpaired) electrons. The molecule has 0 saturated carbocycles. The van der Waals surface area contributed by atoms with E-state index >= 15 is 0 Å². The number of aliphatic carboxylic acids is 1. The predicted octanol–water partition coefficient (Wildman–Crippen LogP) is 2.22. The topological polar surface area (TPSA) is 40.5 Å². The van der Waals surface area contributed by atoms with Gasteiger partial charge in [-0.25, -0.2) is 0 Å². The highest BCUT2D eigenvalue weighted by atomic mass is 16.4. The molecule has 1 unspecified atom stereocenters. The van der Waals surface area contributed by atoms with Gasteiger partial charge in [-0.1, -0.05) is 20.8 Å². The van der Waals surface area contributed by atoms with Gasteiger partial charge in [-0.2, -0.15) is 0 Å². The van der Waals surface area contributed by atoms with Gasteiger partial charge >= 0.3 is 5.97 Å². The number of carbonyl (C=O) groups is 1. The molecule has 0 aliphatic carbocycles. The molecule has 1 N–H and O–H groups in total. The second-order valence-corrected chi connectivity index (χ2v) is 5.88. The largest absolute Gasteiger partial charge is 0.481 e. The number of likely N-dealkylation sites (tertiary alicyclic amines) is 1. The lowest BCUT2D eigenvalue weighted by Crippen LogP contribution is -2.30. The Labute approximate surface area is 92.5 Å². The minimum Gasteiger partial charge on any atom is -0.481 e. The van der Waals surface area contributed by atoms with E-state index in [1.54, 1.807) is 0 Å². The summed E-state index contributed by atoms with van der Waals surface area (Å²) in [6, 6.07) is 0. The third-order valence-corrected chi connectivity index (χ3v) is 2.83. The van der Waals surface area contributed by atoms with Gasteiger partial charge in [0.1, 0.15) is 0 Å². The molecule has 0 aromatic carbocycles. The van der Waals surface area contributed by atoms with Crippen molar-refractivity contribution in [3.8, 4) is 0 Å². The first kappa shape index (κ1) is 12.5. The zero-order chi connectivity index (χ0) is 11.5. The molecule has 1 heterocycles. The predicted molar refractivity (Wildman–Crippen MR) is 60.9 cm³/mol. The Morgan fingerprint density at radius 2 is 2.13 bits per heavy atom. The standard InChI is InChI=1S/C12H23NO2/c1-12(2,3)9-13-7-6-10(8-13)4-5-11(14)15/h10H,4-9H2,1-3H3,(H,14,15). The Morgan fingerprint density at radius 1 is 1.47 bits per heavy atom. The zero-order valence-corrected chi connectivity index (χ0v) is 10.1. The number of hydrogen-bond donors (Lipinski definition) is 1. The highest BCUT2D eigenvalue weighted by Gasteiger charge is 2.25. The second-order valence-electron chi connectivity index (χ2n) is 5.88. The first-order valence-corrected chi connectivity index (χ1v) is 5.81. The third-order valence-electron chi connectivity index (χ3n) is 2.83. The summed E-state index contributed by atoms with van der Waals surface area (Å²) in [6.07, 6.45) is 2.34. The van der Waals surface area contributed by atoms with Crippen LogP contribution in [0.3, 0.4) is 0 Å². The molecule has 1 fully saturated rings. The van der Waals surface area contributed by atoms with E-state index in [4.69, 9.17) is 5.11 Å². The average molecular weight is 213 g/mol. The molecule has 3 nitrogen and oxygen atoms in total. The Bertz CT molecular complexity index is 220. The van der Waals surface area contributed by atoms with Crippen LogP contribution in [-0.4, -0.2) is 35.6 Å². The summed E-state index contributed by atoms with van der Waals surface area (Å²) in [5, 5.41) is 8.61. The van der Waals surface area contributed by atoms with Crippen LogP contribution in [0.4, 0.5) is 0 Å².